The molecule has 0 radical (unpaired) electrons. The molecule has 2 aromatic carbocycles. The van der Waals surface area contributed by atoms with Gasteiger partial charge in [0.25, 0.3) is 0 Å². The number of aromatic carboxylic acids is 1. The third kappa shape index (κ3) is 10.8. The fraction of sp³-hybridized carbons (Fsp3) is 0.364. The average molecular weight is 406 g/mol. The van der Waals surface area contributed by atoms with E-state index in [4.69, 9.17) is 24.8 Å². The average Bonchev–Trinajstić information content (AvgIpc) is 2.73. The molecular weight excluding hydrogens is 376 g/mol. The predicted octanol–water partition coefficient (Wildman–Crippen LogP) is 4.23. The Morgan fingerprint density at radius 1 is 0.966 bits per heavy atom. The van der Waals surface area contributed by atoms with Crippen molar-refractivity contribution in [1.82, 2.24) is 0 Å². The van der Waals surface area contributed by atoms with E-state index in [0.29, 0.717) is 13.0 Å². The van der Waals surface area contributed by atoms with Crippen LogP contribution < -0.4 is 4.74 Å². The highest BCUT2D eigenvalue weighted by Crippen LogP contribution is 2.14. The van der Waals surface area contributed by atoms with Crippen LogP contribution in [0.1, 0.15) is 43.1 Å². The summed E-state index contributed by atoms with van der Waals surface area (Å²) in [6.45, 7) is 6.74. The number of benzene rings is 2. The van der Waals surface area contributed by atoms with Crippen LogP contribution in [-0.4, -0.2) is 47.1 Å². The van der Waals surface area contributed by atoms with E-state index in [0.717, 1.165) is 17.7 Å². The summed E-state index contributed by atoms with van der Waals surface area (Å²) in [5.74, 6) is -1.05. The molecule has 1 atom stereocenters. The van der Waals surface area contributed by atoms with Gasteiger partial charge in [0.05, 0.1) is 12.2 Å². The molecule has 0 aliphatic rings. The lowest BCUT2D eigenvalue weighted by Gasteiger charge is -2.11. The number of phenolic OH excluding ortho intramolecular Hbond substituents is 1. The molecule has 0 amide bonds. The van der Waals surface area contributed by atoms with Crippen LogP contribution in [0.15, 0.2) is 48.5 Å². The van der Waals surface area contributed by atoms with E-state index >= 15 is 0 Å². The Kier molecular flexibility index (Phi) is 13.4. The summed E-state index contributed by atoms with van der Waals surface area (Å²) in [6, 6.07) is 12.8. The minimum Gasteiger partial charge on any atom is -0.508 e. The number of aromatic hydroxyl groups is 1. The van der Waals surface area contributed by atoms with Gasteiger partial charge in [-0.25, -0.2) is 9.59 Å². The minimum absolute atomic E-state index is 0.0741. The molecular formula is C22H30O7. The van der Waals surface area contributed by atoms with Crippen LogP contribution in [0.4, 0.5) is 0 Å². The number of phenols is 1. The summed E-state index contributed by atoms with van der Waals surface area (Å²) in [6.07, 6.45) is 0.532. The Hall–Kier alpha value is -3.06. The summed E-state index contributed by atoms with van der Waals surface area (Å²) < 4.78 is 10.3. The molecule has 29 heavy (non-hydrogen) atoms. The van der Waals surface area contributed by atoms with Crippen molar-refractivity contribution >= 4 is 11.9 Å². The molecule has 2 rings (SSSR count). The van der Waals surface area contributed by atoms with Crippen molar-refractivity contribution in [3.05, 3.63) is 59.7 Å². The first-order chi connectivity index (χ1) is 13.9. The molecule has 0 spiro atoms. The number of carboxylic acids is 2. The summed E-state index contributed by atoms with van der Waals surface area (Å²) in [7, 11) is 1.40. The normalized spacial score (nSPS) is 10.5. The van der Waals surface area contributed by atoms with Gasteiger partial charge in [-0.3, -0.25) is 0 Å². The zero-order valence-corrected chi connectivity index (χ0v) is 17.3. The van der Waals surface area contributed by atoms with Gasteiger partial charge in [-0.2, -0.15) is 0 Å². The van der Waals surface area contributed by atoms with Crippen molar-refractivity contribution < 1.29 is 34.4 Å². The molecule has 2 aromatic rings. The van der Waals surface area contributed by atoms with Crippen molar-refractivity contribution in [2.75, 3.05) is 13.7 Å². The highest BCUT2D eigenvalue weighted by atomic mass is 16.5. The molecule has 3 N–H and O–H groups in total. The van der Waals surface area contributed by atoms with Gasteiger partial charge in [0, 0.05) is 13.5 Å². The van der Waals surface area contributed by atoms with Gasteiger partial charge in [0.15, 0.2) is 6.10 Å². The van der Waals surface area contributed by atoms with Crippen LogP contribution in [0.25, 0.3) is 0 Å². The maximum absolute atomic E-state index is 10.8. The summed E-state index contributed by atoms with van der Waals surface area (Å²) in [5.41, 5.74) is 1.10. The third-order valence-corrected chi connectivity index (χ3v) is 3.49. The summed E-state index contributed by atoms with van der Waals surface area (Å²) in [5, 5.41) is 26.0. The molecule has 7 heteroatoms. The molecule has 7 nitrogen and oxygen atoms in total. The van der Waals surface area contributed by atoms with Crippen LogP contribution >= 0.6 is 0 Å². The van der Waals surface area contributed by atoms with Crippen molar-refractivity contribution in [2.45, 2.75) is 39.7 Å². The zero-order valence-electron chi connectivity index (χ0n) is 17.3. The Bertz CT molecular complexity index is 709. The van der Waals surface area contributed by atoms with Gasteiger partial charge in [-0.15, -0.1) is 0 Å². The van der Waals surface area contributed by atoms with Gasteiger partial charge < -0.3 is 24.8 Å². The number of carbonyl (C=O) groups is 2. The number of hydrogen-bond acceptors (Lipinski definition) is 5. The topological polar surface area (TPSA) is 113 Å². The Labute approximate surface area is 171 Å². The first-order valence-electron chi connectivity index (χ1n) is 9.37. The largest absolute Gasteiger partial charge is 0.508 e. The second kappa shape index (κ2) is 14.9. The quantitative estimate of drug-likeness (QED) is 0.601. The molecule has 160 valence electrons. The maximum Gasteiger partial charge on any atom is 0.335 e. The molecule has 0 fully saturated rings. The SMILES string of the molecule is CC.CCCOc1ccc(C[C@H](OC)C(=O)O)cc1.O=C(O)c1ccc(O)cc1. The number of carboxylic acid groups (broad SMARTS) is 2. The smallest absolute Gasteiger partial charge is 0.335 e. The number of methoxy groups -OCH3 is 1. The Morgan fingerprint density at radius 2 is 1.52 bits per heavy atom. The van der Waals surface area contributed by atoms with E-state index in [1.165, 1.54) is 31.4 Å². The Morgan fingerprint density at radius 3 is 1.93 bits per heavy atom. The van der Waals surface area contributed by atoms with Crippen molar-refractivity contribution in [3.8, 4) is 11.5 Å². The van der Waals surface area contributed by atoms with Gasteiger partial charge in [-0.05, 0) is 48.4 Å². The fourth-order valence-electron chi connectivity index (χ4n) is 2.03. The first-order valence-corrected chi connectivity index (χ1v) is 9.37. The highest BCUT2D eigenvalue weighted by Gasteiger charge is 2.16. The molecule has 0 bridgehead atoms. The molecule has 0 saturated carbocycles. The molecule has 0 unspecified atom stereocenters. The van der Waals surface area contributed by atoms with Gasteiger partial charge in [0.1, 0.15) is 11.5 Å². The second-order valence-electron chi connectivity index (χ2n) is 5.61. The fourth-order valence-corrected chi connectivity index (χ4v) is 2.03. The third-order valence-electron chi connectivity index (χ3n) is 3.49. The Balaban J connectivity index is 0.000000554. The van der Waals surface area contributed by atoms with E-state index in [9.17, 15) is 9.59 Å². The van der Waals surface area contributed by atoms with Gasteiger partial charge in [-0.1, -0.05) is 32.9 Å². The lowest BCUT2D eigenvalue weighted by molar-refractivity contribution is -0.148. The standard InChI is InChI=1S/C13H18O4.C7H6O3.C2H6/c1-3-8-17-11-6-4-10(5-7-11)9-12(16-2)13(14)15;8-6-3-1-5(2-4-6)7(9)10;1-2/h4-7,12H,3,8-9H2,1-2H3,(H,14,15);1-4,8H,(H,9,10);1-2H3/t12-;;/m0../s1. The van der Waals surface area contributed by atoms with Gasteiger partial charge in [0.2, 0.25) is 0 Å². The van der Waals surface area contributed by atoms with Crippen LogP contribution in [0.2, 0.25) is 0 Å². The molecule has 0 aromatic heterocycles. The number of aliphatic carboxylic acids is 1. The number of hydrogen-bond donors (Lipinski definition) is 3. The van der Waals surface area contributed by atoms with Crippen LogP contribution in [0.3, 0.4) is 0 Å². The molecule has 0 saturated heterocycles. The van der Waals surface area contributed by atoms with Crippen LogP contribution in [0, 0.1) is 0 Å². The van der Waals surface area contributed by atoms with E-state index in [-0.39, 0.29) is 11.3 Å². The minimum atomic E-state index is -0.986. The van der Waals surface area contributed by atoms with E-state index in [1.807, 2.05) is 45.0 Å². The lowest BCUT2D eigenvalue weighted by atomic mass is 10.1. The van der Waals surface area contributed by atoms with E-state index < -0.39 is 18.0 Å². The second-order valence-corrected chi connectivity index (χ2v) is 5.61. The van der Waals surface area contributed by atoms with E-state index in [1.54, 1.807) is 0 Å². The lowest BCUT2D eigenvalue weighted by Crippen LogP contribution is -2.24. The number of ether oxygens (including phenoxy) is 2. The monoisotopic (exact) mass is 406 g/mol. The molecule has 0 aliphatic carbocycles. The van der Waals surface area contributed by atoms with Gasteiger partial charge >= 0.3 is 11.9 Å². The van der Waals surface area contributed by atoms with Crippen molar-refractivity contribution in [2.24, 2.45) is 0 Å². The maximum atomic E-state index is 10.8. The molecule has 0 aliphatic heterocycles. The summed E-state index contributed by atoms with van der Waals surface area (Å²) >= 11 is 0. The predicted molar refractivity (Wildman–Crippen MR) is 111 cm³/mol. The highest BCUT2D eigenvalue weighted by molar-refractivity contribution is 5.87. The van der Waals surface area contributed by atoms with Crippen molar-refractivity contribution in [1.29, 1.82) is 0 Å². The van der Waals surface area contributed by atoms with Crippen LogP contribution in [0.5, 0.6) is 11.5 Å². The van der Waals surface area contributed by atoms with Crippen molar-refractivity contribution in [3.63, 3.8) is 0 Å². The molecule has 0 heterocycles. The van der Waals surface area contributed by atoms with E-state index in [2.05, 4.69) is 0 Å². The number of rotatable bonds is 8. The summed E-state index contributed by atoms with van der Waals surface area (Å²) in [4.78, 5) is 21.0. The first kappa shape index (κ1) is 25.9. The van der Waals surface area contributed by atoms with Crippen LogP contribution in [-0.2, 0) is 16.0 Å². The zero-order chi connectivity index (χ0) is 22.2.